The SMILES string of the molecule is CC1(C)CCC[C@@H](N2CCC(n3nccc3NC(=O)c3cccnc3)CC2)C1. The molecule has 4 rings (SSSR count). The molecule has 28 heavy (non-hydrogen) atoms. The summed E-state index contributed by atoms with van der Waals surface area (Å²) in [5, 5.41) is 7.51. The highest BCUT2D eigenvalue weighted by Gasteiger charge is 2.33. The number of carbonyl (C=O) groups is 1. The predicted octanol–water partition coefficient (Wildman–Crippen LogP) is 4.14. The number of pyridine rings is 1. The summed E-state index contributed by atoms with van der Waals surface area (Å²) in [5.74, 6) is 0.628. The number of aromatic nitrogens is 3. The first-order chi connectivity index (χ1) is 13.5. The highest BCUT2D eigenvalue weighted by molar-refractivity contribution is 6.03. The molecule has 0 unspecified atom stereocenters. The van der Waals surface area contributed by atoms with Crippen LogP contribution >= 0.6 is 0 Å². The van der Waals surface area contributed by atoms with Crippen molar-refractivity contribution in [2.75, 3.05) is 18.4 Å². The lowest BCUT2D eigenvalue weighted by atomic mass is 9.74. The van der Waals surface area contributed by atoms with E-state index in [2.05, 4.69) is 34.1 Å². The number of amides is 1. The van der Waals surface area contributed by atoms with Crippen LogP contribution in [-0.2, 0) is 0 Å². The number of hydrogen-bond acceptors (Lipinski definition) is 4. The van der Waals surface area contributed by atoms with Crippen LogP contribution in [0.5, 0.6) is 0 Å². The molecule has 2 aromatic rings. The Morgan fingerprint density at radius 2 is 1.96 bits per heavy atom. The van der Waals surface area contributed by atoms with Crippen LogP contribution in [0.15, 0.2) is 36.8 Å². The van der Waals surface area contributed by atoms with Crippen molar-refractivity contribution in [2.24, 2.45) is 5.41 Å². The van der Waals surface area contributed by atoms with E-state index in [1.54, 1.807) is 30.7 Å². The van der Waals surface area contributed by atoms with Gasteiger partial charge in [0, 0.05) is 37.6 Å². The molecule has 2 aromatic heterocycles. The molecule has 3 heterocycles. The molecule has 1 saturated heterocycles. The molecule has 0 radical (unpaired) electrons. The lowest BCUT2D eigenvalue weighted by Crippen LogP contribution is -2.45. The quantitative estimate of drug-likeness (QED) is 0.865. The standard InChI is InChI=1S/C22H31N5O/c1-22(2)10-3-6-19(15-22)26-13-8-18(9-14-26)27-20(7-12-24-27)25-21(28)17-5-4-11-23-16-17/h4-5,7,11-12,16,18-19H,3,6,8-10,13-15H2,1-2H3,(H,25,28)/t19-/m1/s1. The van der Waals surface area contributed by atoms with Gasteiger partial charge in [-0.2, -0.15) is 5.10 Å². The number of likely N-dealkylation sites (tertiary alicyclic amines) is 1. The van der Waals surface area contributed by atoms with E-state index in [9.17, 15) is 4.79 Å². The molecule has 150 valence electrons. The van der Waals surface area contributed by atoms with Gasteiger partial charge in [-0.15, -0.1) is 0 Å². The Morgan fingerprint density at radius 1 is 1.14 bits per heavy atom. The zero-order valence-electron chi connectivity index (χ0n) is 17.0. The summed E-state index contributed by atoms with van der Waals surface area (Å²) in [4.78, 5) is 19.2. The molecule has 0 aromatic carbocycles. The summed E-state index contributed by atoms with van der Waals surface area (Å²) >= 11 is 0. The fourth-order valence-electron chi connectivity index (χ4n) is 4.86. The number of nitrogens with one attached hydrogen (secondary N) is 1. The Hall–Kier alpha value is -2.21. The molecule has 1 N–H and O–H groups in total. The Bertz CT molecular complexity index is 792. The number of carbonyl (C=O) groups excluding carboxylic acids is 1. The Morgan fingerprint density at radius 3 is 2.68 bits per heavy atom. The zero-order valence-corrected chi connectivity index (χ0v) is 17.0. The van der Waals surface area contributed by atoms with Crippen LogP contribution < -0.4 is 5.32 Å². The van der Waals surface area contributed by atoms with Gasteiger partial charge in [0.2, 0.25) is 0 Å². The van der Waals surface area contributed by atoms with Crippen molar-refractivity contribution in [3.8, 4) is 0 Å². The van der Waals surface area contributed by atoms with Gasteiger partial charge in [-0.05, 0) is 49.7 Å². The monoisotopic (exact) mass is 381 g/mol. The van der Waals surface area contributed by atoms with Crippen LogP contribution in [-0.4, -0.2) is 44.7 Å². The molecule has 1 amide bonds. The first-order valence-corrected chi connectivity index (χ1v) is 10.5. The van der Waals surface area contributed by atoms with Crippen molar-refractivity contribution in [1.82, 2.24) is 19.7 Å². The van der Waals surface area contributed by atoms with Gasteiger partial charge in [-0.25, -0.2) is 4.68 Å². The van der Waals surface area contributed by atoms with Gasteiger partial charge in [0.25, 0.3) is 5.91 Å². The lowest BCUT2D eigenvalue weighted by molar-refractivity contribution is 0.0656. The third kappa shape index (κ3) is 4.27. The lowest BCUT2D eigenvalue weighted by Gasteiger charge is -2.44. The number of hydrogen-bond donors (Lipinski definition) is 1. The topological polar surface area (TPSA) is 63.1 Å². The molecule has 1 atom stereocenters. The van der Waals surface area contributed by atoms with E-state index in [0.717, 1.165) is 37.8 Å². The minimum absolute atomic E-state index is 0.142. The summed E-state index contributed by atoms with van der Waals surface area (Å²) in [6, 6.07) is 6.49. The van der Waals surface area contributed by atoms with Crippen LogP contribution in [0.25, 0.3) is 0 Å². The summed E-state index contributed by atoms with van der Waals surface area (Å²) in [6.07, 6.45) is 12.5. The van der Waals surface area contributed by atoms with Gasteiger partial charge in [-0.1, -0.05) is 20.3 Å². The molecular formula is C22H31N5O. The maximum absolute atomic E-state index is 12.5. The van der Waals surface area contributed by atoms with Gasteiger partial charge in [0.1, 0.15) is 5.82 Å². The van der Waals surface area contributed by atoms with Crippen LogP contribution in [0, 0.1) is 5.41 Å². The van der Waals surface area contributed by atoms with Crippen LogP contribution in [0.1, 0.15) is 68.8 Å². The first kappa shape index (κ1) is 19.1. The Balaban J connectivity index is 1.37. The molecule has 2 fully saturated rings. The van der Waals surface area contributed by atoms with Gasteiger partial charge in [-0.3, -0.25) is 9.78 Å². The minimum atomic E-state index is -0.142. The highest BCUT2D eigenvalue weighted by Crippen LogP contribution is 2.38. The van der Waals surface area contributed by atoms with Gasteiger partial charge >= 0.3 is 0 Å². The second kappa shape index (κ2) is 8.03. The molecule has 0 bridgehead atoms. The van der Waals surface area contributed by atoms with Crippen molar-refractivity contribution in [3.05, 3.63) is 42.4 Å². The number of nitrogens with zero attached hydrogens (tertiary/aromatic N) is 4. The third-order valence-corrected chi connectivity index (χ3v) is 6.38. The fourth-order valence-corrected chi connectivity index (χ4v) is 4.86. The Labute approximate surface area is 167 Å². The van der Waals surface area contributed by atoms with Crippen LogP contribution in [0.4, 0.5) is 5.82 Å². The normalized spacial score (nSPS) is 23.4. The smallest absolute Gasteiger partial charge is 0.258 e. The molecule has 0 spiro atoms. The molecule has 1 aliphatic heterocycles. The van der Waals surface area contributed by atoms with E-state index in [-0.39, 0.29) is 5.91 Å². The molecule has 2 aliphatic rings. The largest absolute Gasteiger partial charge is 0.307 e. The van der Waals surface area contributed by atoms with Gasteiger partial charge < -0.3 is 10.2 Å². The molecule has 1 aliphatic carbocycles. The maximum Gasteiger partial charge on any atom is 0.258 e. The molecule has 6 nitrogen and oxygen atoms in total. The van der Waals surface area contributed by atoms with Crippen molar-refractivity contribution in [1.29, 1.82) is 0 Å². The van der Waals surface area contributed by atoms with Crippen LogP contribution in [0.3, 0.4) is 0 Å². The van der Waals surface area contributed by atoms with Gasteiger partial charge in [0.05, 0.1) is 17.8 Å². The van der Waals surface area contributed by atoms with E-state index >= 15 is 0 Å². The van der Waals surface area contributed by atoms with E-state index < -0.39 is 0 Å². The number of piperidine rings is 1. The summed E-state index contributed by atoms with van der Waals surface area (Å²) in [5.41, 5.74) is 1.04. The summed E-state index contributed by atoms with van der Waals surface area (Å²) in [6.45, 7) is 7.04. The predicted molar refractivity (Wildman–Crippen MR) is 110 cm³/mol. The van der Waals surface area contributed by atoms with E-state index in [4.69, 9.17) is 0 Å². The van der Waals surface area contributed by atoms with Gasteiger partial charge in [0.15, 0.2) is 0 Å². The van der Waals surface area contributed by atoms with Crippen LogP contribution in [0.2, 0.25) is 0 Å². The van der Waals surface area contributed by atoms with Crippen molar-refractivity contribution in [2.45, 2.75) is 64.5 Å². The number of rotatable bonds is 4. The number of anilines is 1. The summed E-state index contributed by atoms with van der Waals surface area (Å²) in [7, 11) is 0. The average Bonchev–Trinajstić information content (AvgIpc) is 3.16. The highest BCUT2D eigenvalue weighted by atomic mass is 16.1. The maximum atomic E-state index is 12.5. The minimum Gasteiger partial charge on any atom is -0.307 e. The van der Waals surface area contributed by atoms with Crippen molar-refractivity contribution < 1.29 is 4.79 Å². The third-order valence-electron chi connectivity index (χ3n) is 6.38. The zero-order chi connectivity index (χ0) is 19.6. The van der Waals surface area contributed by atoms with Crippen molar-refractivity contribution >= 4 is 11.7 Å². The molecule has 1 saturated carbocycles. The average molecular weight is 382 g/mol. The second-order valence-electron chi connectivity index (χ2n) is 9.04. The molecular weight excluding hydrogens is 350 g/mol. The fraction of sp³-hybridized carbons (Fsp3) is 0.591. The first-order valence-electron chi connectivity index (χ1n) is 10.5. The Kier molecular flexibility index (Phi) is 5.49. The van der Waals surface area contributed by atoms with E-state index in [1.807, 2.05) is 10.7 Å². The second-order valence-corrected chi connectivity index (χ2v) is 9.04. The molecule has 6 heteroatoms. The summed E-state index contributed by atoms with van der Waals surface area (Å²) < 4.78 is 2.00. The van der Waals surface area contributed by atoms with E-state index in [1.165, 1.54) is 25.7 Å². The van der Waals surface area contributed by atoms with Crippen molar-refractivity contribution in [3.63, 3.8) is 0 Å². The van der Waals surface area contributed by atoms with E-state index in [0.29, 0.717) is 17.0 Å².